The number of aryl methyl sites for hydroxylation is 1. The molecule has 0 spiro atoms. The molecule has 1 aliphatic rings. The first-order valence-electron chi connectivity index (χ1n) is 13.2. The van der Waals surface area contributed by atoms with Crippen LogP contribution < -0.4 is 5.32 Å². The molecule has 13 heteroatoms. The molecule has 7 nitrogen and oxygen atoms in total. The van der Waals surface area contributed by atoms with Gasteiger partial charge in [0.25, 0.3) is 5.91 Å². The second-order valence-corrected chi connectivity index (χ2v) is 10.2. The molecular weight excluding hydrogens is 566 g/mol. The van der Waals surface area contributed by atoms with E-state index in [0.29, 0.717) is 52.9 Å². The van der Waals surface area contributed by atoms with Crippen molar-refractivity contribution in [3.05, 3.63) is 77.4 Å². The molecule has 0 aliphatic carbocycles. The van der Waals surface area contributed by atoms with Gasteiger partial charge in [0.15, 0.2) is 0 Å². The highest BCUT2D eigenvalue weighted by Gasteiger charge is 2.34. The molecule has 0 saturated carbocycles. The zero-order chi connectivity index (χ0) is 30.7. The van der Waals surface area contributed by atoms with Crippen LogP contribution in [0.1, 0.15) is 59.0 Å². The van der Waals surface area contributed by atoms with E-state index in [0.717, 1.165) is 12.4 Å². The Morgan fingerprint density at radius 1 is 1.02 bits per heavy atom. The van der Waals surface area contributed by atoms with Gasteiger partial charge >= 0.3 is 18.3 Å². The minimum Gasteiger partial charge on any atom is -0.481 e. The Morgan fingerprint density at radius 2 is 1.69 bits per heavy atom. The number of aromatic nitrogens is 2. The Bertz CT molecular complexity index is 1410. The van der Waals surface area contributed by atoms with E-state index in [2.05, 4.69) is 15.3 Å². The number of nitrogens with one attached hydrogen (secondary N) is 1. The van der Waals surface area contributed by atoms with E-state index < -0.39 is 42.5 Å². The standard InChI is InChI=1S/C29H28F6N4O3/c1-17-13-19(21-14-36-27(37-15-21)29(33,34)35)6-9-23(17)24(10-11-28(30,31)32)38-22-7-4-18(5-8-22)25(40)39-12-2-3-20(16-39)26(41)42/h4-9,13-15,20,24,38H,2-3,10-12,16H2,1H3,(H,41,42)/t20-,24?/m1/s1. The van der Waals surface area contributed by atoms with Gasteiger partial charge < -0.3 is 15.3 Å². The third-order valence-corrected chi connectivity index (χ3v) is 7.13. The Hall–Kier alpha value is -4.16. The molecule has 0 radical (unpaired) electrons. The third-order valence-electron chi connectivity index (χ3n) is 7.13. The molecule has 4 rings (SSSR count). The SMILES string of the molecule is Cc1cc(-c2cnc(C(F)(F)F)nc2)ccc1C(CCC(F)(F)F)Nc1ccc(C(=O)N2CCC[C@@H](C(=O)O)C2)cc1. The average molecular weight is 595 g/mol. The maximum Gasteiger partial charge on any atom is 0.451 e. The van der Waals surface area contributed by atoms with E-state index in [-0.39, 0.29) is 18.9 Å². The first kappa shape index (κ1) is 30.8. The number of hydrogen-bond acceptors (Lipinski definition) is 5. The number of carbonyl (C=O) groups is 2. The highest BCUT2D eigenvalue weighted by atomic mass is 19.4. The van der Waals surface area contributed by atoms with Crippen molar-refractivity contribution < 1.29 is 41.0 Å². The van der Waals surface area contributed by atoms with Gasteiger partial charge in [0.1, 0.15) is 0 Å². The lowest BCUT2D eigenvalue weighted by Gasteiger charge is -2.30. The Balaban J connectivity index is 1.52. The van der Waals surface area contributed by atoms with Gasteiger partial charge in [-0.05, 0) is 67.1 Å². The van der Waals surface area contributed by atoms with Gasteiger partial charge in [-0.25, -0.2) is 9.97 Å². The number of amides is 1. The molecule has 1 aliphatic heterocycles. The van der Waals surface area contributed by atoms with Gasteiger partial charge in [-0.2, -0.15) is 26.3 Å². The monoisotopic (exact) mass is 594 g/mol. The van der Waals surface area contributed by atoms with Crippen LogP contribution in [0.3, 0.4) is 0 Å². The number of carboxylic acid groups (broad SMARTS) is 1. The predicted octanol–water partition coefficient (Wildman–Crippen LogP) is 6.90. The summed E-state index contributed by atoms with van der Waals surface area (Å²) in [7, 11) is 0. The number of benzene rings is 2. The molecule has 1 amide bonds. The van der Waals surface area contributed by atoms with E-state index in [1.54, 1.807) is 37.3 Å². The van der Waals surface area contributed by atoms with Crippen LogP contribution >= 0.6 is 0 Å². The summed E-state index contributed by atoms with van der Waals surface area (Å²) in [6, 6.07) is 10.3. The Morgan fingerprint density at radius 3 is 2.26 bits per heavy atom. The summed E-state index contributed by atoms with van der Waals surface area (Å²) in [5, 5.41) is 12.4. The largest absolute Gasteiger partial charge is 0.481 e. The van der Waals surface area contributed by atoms with E-state index in [4.69, 9.17) is 0 Å². The van der Waals surface area contributed by atoms with Crippen molar-refractivity contribution in [3.63, 3.8) is 0 Å². The Kier molecular flexibility index (Phi) is 9.07. The minimum absolute atomic E-state index is 0.113. The maximum atomic E-state index is 13.2. The van der Waals surface area contributed by atoms with E-state index >= 15 is 0 Å². The average Bonchev–Trinajstić information content (AvgIpc) is 2.94. The molecule has 224 valence electrons. The molecule has 1 unspecified atom stereocenters. The first-order valence-corrected chi connectivity index (χ1v) is 13.2. The first-order chi connectivity index (χ1) is 19.7. The molecule has 3 aromatic rings. The van der Waals surface area contributed by atoms with Gasteiger partial charge in [-0.1, -0.05) is 18.2 Å². The van der Waals surface area contributed by atoms with Crippen molar-refractivity contribution in [3.8, 4) is 11.1 Å². The molecule has 2 atom stereocenters. The van der Waals surface area contributed by atoms with Crippen molar-refractivity contribution in [2.24, 2.45) is 5.92 Å². The van der Waals surface area contributed by atoms with Gasteiger partial charge in [0.05, 0.1) is 12.0 Å². The number of aliphatic carboxylic acids is 1. The molecule has 0 bridgehead atoms. The molecule has 2 heterocycles. The fraction of sp³-hybridized carbons (Fsp3) is 0.379. The zero-order valence-electron chi connectivity index (χ0n) is 22.5. The summed E-state index contributed by atoms with van der Waals surface area (Å²) >= 11 is 0. The maximum absolute atomic E-state index is 13.2. The lowest BCUT2D eigenvalue weighted by molar-refractivity contribution is -0.145. The van der Waals surface area contributed by atoms with Crippen molar-refractivity contribution in [1.29, 1.82) is 0 Å². The number of likely N-dealkylation sites (tertiary alicyclic amines) is 1. The number of piperidine rings is 1. The van der Waals surface area contributed by atoms with Crippen molar-refractivity contribution >= 4 is 17.6 Å². The third kappa shape index (κ3) is 7.77. The summed E-state index contributed by atoms with van der Waals surface area (Å²) in [5.74, 6) is -3.17. The number of alkyl halides is 6. The molecule has 2 aromatic carbocycles. The topological polar surface area (TPSA) is 95.4 Å². The number of hydrogen-bond donors (Lipinski definition) is 2. The van der Waals surface area contributed by atoms with Crippen LogP contribution in [-0.2, 0) is 11.0 Å². The molecular formula is C29H28F6N4O3. The number of halogens is 6. The molecule has 1 aromatic heterocycles. The molecule has 1 fully saturated rings. The van der Waals surface area contributed by atoms with Gasteiger partial charge in [0.2, 0.25) is 5.82 Å². The second kappa shape index (κ2) is 12.4. The van der Waals surface area contributed by atoms with E-state index in [9.17, 15) is 41.0 Å². The summed E-state index contributed by atoms with van der Waals surface area (Å²) in [6.45, 7) is 2.24. The summed E-state index contributed by atoms with van der Waals surface area (Å²) in [6.07, 6.45) is -7.28. The number of carbonyl (C=O) groups excluding carboxylic acids is 1. The molecule has 2 N–H and O–H groups in total. The van der Waals surface area contributed by atoms with Crippen molar-refractivity contribution in [2.45, 2.75) is 51.0 Å². The van der Waals surface area contributed by atoms with Crippen LogP contribution in [0, 0.1) is 12.8 Å². The second-order valence-electron chi connectivity index (χ2n) is 10.2. The number of nitrogens with zero attached hydrogens (tertiary/aromatic N) is 3. The van der Waals surface area contributed by atoms with Crippen LogP contribution in [0.15, 0.2) is 54.9 Å². The van der Waals surface area contributed by atoms with Crippen molar-refractivity contribution in [1.82, 2.24) is 14.9 Å². The van der Waals surface area contributed by atoms with Crippen LogP contribution in [0.4, 0.5) is 32.0 Å². The van der Waals surface area contributed by atoms with Crippen LogP contribution in [0.25, 0.3) is 11.1 Å². The quantitative estimate of drug-likeness (QED) is 0.276. The predicted molar refractivity (Wildman–Crippen MR) is 142 cm³/mol. The summed E-state index contributed by atoms with van der Waals surface area (Å²) in [5.41, 5.74) is 2.80. The van der Waals surface area contributed by atoms with Crippen LogP contribution in [0.2, 0.25) is 0 Å². The number of rotatable bonds is 8. The van der Waals surface area contributed by atoms with E-state index in [1.165, 1.54) is 17.0 Å². The highest BCUT2D eigenvalue weighted by molar-refractivity contribution is 5.95. The number of anilines is 1. The normalized spacial score (nSPS) is 16.6. The zero-order valence-corrected chi connectivity index (χ0v) is 22.5. The molecule has 42 heavy (non-hydrogen) atoms. The van der Waals surface area contributed by atoms with Gasteiger partial charge in [-0.3, -0.25) is 9.59 Å². The molecule has 1 saturated heterocycles. The highest BCUT2D eigenvalue weighted by Crippen LogP contribution is 2.34. The fourth-order valence-electron chi connectivity index (χ4n) is 4.94. The Labute approximate surface area is 237 Å². The summed E-state index contributed by atoms with van der Waals surface area (Å²) < 4.78 is 77.9. The van der Waals surface area contributed by atoms with Crippen LogP contribution in [-0.4, -0.2) is 51.1 Å². The lowest BCUT2D eigenvalue weighted by atomic mass is 9.94. The van der Waals surface area contributed by atoms with E-state index in [1.807, 2.05) is 0 Å². The smallest absolute Gasteiger partial charge is 0.451 e. The lowest BCUT2D eigenvalue weighted by Crippen LogP contribution is -2.42. The summed E-state index contributed by atoms with van der Waals surface area (Å²) in [4.78, 5) is 32.5. The van der Waals surface area contributed by atoms with Crippen LogP contribution in [0.5, 0.6) is 0 Å². The van der Waals surface area contributed by atoms with Crippen molar-refractivity contribution in [2.75, 3.05) is 18.4 Å². The fourth-order valence-corrected chi connectivity index (χ4v) is 4.94. The number of carboxylic acids is 1. The minimum atomic E-state index is -4.68. The van der Waals surface area contributed by atoms with Gasteiger partial charge in [0, 0.05) is 48.7 Å². The van der Waals surface area contributed by atoms with Gasteiger partial charge in [-0.15, -0.1) is 0 Å².